The average molecular weight is 334 g/mol. The summed E-state index contributed by atoms with van der Waals surface area (Å²) in [6.45, 7) is 3.01. The van der Waals surface area contributed by atoms with Crippen LogP contribution in [-0.2, 0) is 6.54 Å². The molecule has 1 N–H and O–H groups in total. The third-order valence-corrected chi connectivity index (χ3v) is 5.61. The molecule has 0 aliphatic heterocycles. The number of thiophene rings is 2. The topological polar surface area (TPSA) is 12.0 Å². The Hall–Kier alpha value is -1.13. The normalized spacial score (nSPS) is 12.5. The predicted molar refractivity (Wildman–Crippen MR) is 94.3 cm³/mol. The molecule has 108 valence electrons. The standard InChI is InChI=1S/C17H16ClNS2/c1-12(15-5-2-3-6-16(15)18)19-10-14-9-13(11-21-14)17-7-4-8-20-17/h2-9,11-12,19H,10H2,1H3/t12-/m1/s1. The van der Waals surface area contributed by atoms with Crippen LogP contribution in [0.3, 0.4) is 0 Å². The van der Waals surface area contributed by atoms with Crippen LogP contribution < -0.4 is 5.32 Å². The first-order valence-electron chi connectivity index (χ1n) is 6.83. The van der Waals surface area contributed by atoms with Crippen molar-refractivity contribution in [1.29, 1.82) is 0 Å². The fourth-order valence-electron chi connectivity index (χ4n) is 2.24. The van der Waals surface area contributed by atoms with Gasteiger partial charge in [0.2, 0.25) is 0 Å². The fourth-order valence-corrected chi connectivity index (χ4v) is 4.16. The Balaban J connectivity index is 1.64. The van der Waals surface area contributed by atoms with Gasteiger partial charge in [-0.05, 0) is 41.4 Å². The number of benzene rings is 1. The van der Waals surface area contributed by atoms with Crippen LogP contribution in [0, 0.1) is 0 Å². The van der Waals surface area contributed by atoms with Crippen molar-refractivity contribution in [3.05, 3.63) is 68.7 Å². The molecule has 1 atom stereocenters. The first-order valence-corrected chi connectivity index (χ1v) is 8.97. The van der Waals surface area contributed by atoms with E-state index in [9.17, 15) is 0 Å². The third-order valence-electron chi connectivity index (χ3n) is 3.41. The minimum Gasteiger partial charge on any atom is -0.305 e. The van der Waals surface area contributed by atoms with Crippen LogP contribution in [0.25, 0.3) is 10.4 Å². The van der Waals surface area contributed by atoms with Crippen LogP contribution in [0.5, 0.6) is 0 Å². The third kappa shape index (κ3) is 3.55. The van der Waals surface area contributed by atoms with Crippen molar-refractivity contribution in [3.8, 4) is 10.4 Å². The maximum Gasteiger partial charge on any atom is 0.0453 e. The van der Waals surface area contributed by atoms with Gasteiger partial charge < -0.3 is 5.32 Å². The number of nitrogens with one attached hydrogen (secondary N) is 1. The molecule has 0 saturated heterocycles. The van der Waals surface area contributed by atoms with E-state index in [1.54, 1.807) is 22.7 Å². The molecule has 0 bridgehead atoms. The summed E-state index contributed by atoms with van der Waals surface area (Å²) in [5.41, 5.74) is 2.46. The summed E-state index contributed by atoms with van der Waals surface area (Å²) in [4.78, 5) is 2.67. The molecule has 0 aliphatic carbocycles. The van der Waals surface area contributed by atoms with Crippen molar-refractivity contribution >= 4 is 34.3 Å². The highest BCUT2D eigenvalue weighted by atomic mass is 35.5. The van der Waals surface area contributed by atoms with Crippen LogP contribution in [0.4, 0.5) is 0 Å². The molecule has 0 saturated carbocycles. The Morgan fingerprint density at radius 2 is 2.00 bits per heavy atom. The number of rotatable bonds is 5. The highest BCUT2D eigenvalue weighted by Gasteiger charge is 2.09. The zero-order valence-electron chi connectivity index (χ0n) is 11.7. The second-order valence-electron chi connectivity index (χ2n) is 4.90. The van der Waals surface area contributed by atoms with E-state index in [4.69, 9.17) is 11.6 Å². The van der Waals surface area contributed by atoms with Crippen LogP contribution in [-0.4, -0.2) is 0 Å². The number of hydrogen-bond donors (Lipinski definition) is 1. The van der Waals surface area contributed by atoms with Gasteiger partial charge in [-0.1, -0.05) is 35.9 Å². The molecule has 1 nitrogen and oxygen atoms in total. The summed E-state index contributed by atoms with van der Waals surface area (Å²) in [6.07, 6.45) is 0. The zero-order chi connectivity index (χ0) is 14.7. The van der Waals surface area contributed by atoms with Crippen molar-refractivity contribution in [3.63, 3.8) is 0 Å². The summed E-state index contributed by atoms with van der Waals surface area (Å²) < 4.78 is 0. The Morgan fingerprint density at radius 1 is 1.14 bits per heavy atom. The van der Waals surface area contributed by atoms with Crippen LogP contribution in [0.2, 0.25) is 5.02 Å². The van der Waals surface area contributed by atoms with Gasteiger partial charge in [-0.2, -0.15) is 0 Å². The van der Waals surface area contributed by atoms with Gasteiger partial charge in [0, 0.05) is 32.9 Å². The predicted octanol–water partition coefficient (Wildman–Crippen LogP) is 5.98. The molecule has 4 heteroatoms. The van der Waals surface area contributed by atoms with Gasteiger partial charge in [-0.15, -0.1) is 22.7 Å². The Bertz CT molecular complexity index is 703. The van der Waals surface area contributed by atoms with Crippen molar-refractivity contribution in [2.24, 2.45) is 0 Å². The smallest absolute Gasteiger partial charge is 0.0453 e. The lowest BCUT2D eigenvalue weighted by Gasteiger charge is -2.14. The lowest BCUT2D eigenvalue weighted by molar-refractivity contribution is 0.579. The lowest BCUT2D eigenvalue weighted by atomic mass is 10.1. The molecule has 3 rings (SSSR count). The van der Waals surface area contributed by atoms with Gasteiger partial charge in [0.25, 0.3) is 0 Å². The fraction of sp³-hybridized carbons (Fsp3) is 0.176. The Labute approximate surface area is 138 Å². The molecule has 0 aliphatic rings. The van der Waals surface area contributed by atoms with Gasteiger partial charge in [-0.3, -0.25) is 0 Å². The van der Waals surface area contributed by atoms with Crippen molar-refractivity contribution in [1.82, 2.24) is 5.32 Å². The van der Waals surface area contributed by atoms with E-state index in [2.05, 4.69) is 47.3 Å². The molecule has 0 spiro atoms. The summed E-state index contributed by atoms with van der Waals surface area (Å²) >= 11 is 9.82. The summed E-state index contributed by atoms with van der Waals surface area (Å²) in [7, 11) is 0. The lowest BCUT2D eigenvalue weighted by Crippen LogP contribution is -2.17. The minimum atomic E-state index is 0.242. The average Bonchev–Trinajstić information content (AvgIpc) is 3.16. The molecule has 0 unspecified atom stereocenters. The van der Waals surface area contributed by atoms with E-state index in [-0.39, 0.29) is 6.04 Å². The van der Waals surface area contributed by atoms with Gasteiger partial charge in [-0.25, -0.2) is 0 Å². The van der Waals surface area contributed by atoms with Crippen LogP contribution >= 0.6 is 34.3 Å². The van der Waals surface area contributed by atoms with E-state index >= 15 is 0 Å². The number of hydrogen-bond acceptors (Lipinski definition) is 3. The highest BCUT2D eigenvalue weighted by molar-refractivity contribution is 7.14. The van der Waals surface area contributed by atoms with Gasteiger partial charge in [0.1, 0.15) is 0 Å². The van der Waals surface area contributed by atoms with E-state index in [1.165, 1.54) is 15.3 Å². The molecular weight excluding hydrogens is 318 g/mol. The molecule has 1 aromatic carbocycles. The highest BCUT2D eigenvalue weighted by Crippen LogP contribution is 2.29. The molecular formula is C17H16ClNS2. The quantitative estimate of drug-likeness (QED) is 0.605. The molecule has 0 fully saturated rings. The molecule has 2 aromatic heterocycles. The molecule has 21 heavy (non-hydrogen) atoms. The van der Waals surface area contributed by atoms with Gasteiger partial charge in [0.15, 0.2) is 0 Å². The molecule has 3 aromatic rings. The first kappa shape index (κ1) is 14.8. The number of halogens is 1. The maximum absolute atomic E-state index is 6.24. The SMILES string of the molecule is C[C@@H](NCc1cc(-c2cccs2)cs1)c1ccccc1Cl. The Morgan fingerprint density at radius 3 is 2.76 bits per heavy atom. The second kappa shape index (κ2) is 6.75. The summed E-state index contributed by atoms with van der Waals surface area (Å²) in [6, 6.07) is 14.8. The van der Waals surface area contributed by atoms with Gasteiger partial charge in [0.05, 0.1) is 0 Å². The largest absolute Gasteiger partial charge is 0.305 e. The van der Waals surface area contributed by atoms with E-state index in [1.807, 2.05) is 18.2 Å². The first-order chi connectivity index (χ1) is 10.2. The molecule has 2 heterocycles. The summed E-state index contributed by atoms with van der Waals surface area (Å²) in [5, 5.41) is 8.71. The van der Waals surface area contributed by atoms with E-state index in [0.717, 1.165) is 17.1 Å². The van der Waals surface area contributed by atoms with Crippen molar-refractivity contribution < 1.29 is 0 Å². The minimum absolute atomic E-state index is 0.242. The monoisotopic (exact) mass is 333 g/mol. The molecule has 0 amide bonds. The van der Waals surface area contributed by atoms with Gasteiger partial charge >= 0.3 is 0 Å². The van der Waals surface area contributed by atoms with Crippen LogP contribution in [0.15, 0.2) is 53.2 Å². The van der Waals surface area contributed by atoms with E-state index in [0.29, 0.717) is 0 Å². The van der Waals surface area contributed by atoms with E-state index < -0.39 is 0 Å². The van der Waals surface area contributed by atoms with Crippen molar-refractivity contribution in [2.75, 3.05) is 0 Å². The second-order valence-corrected chi connectivity index (χ2v) is 7.25. The van der Waals surface area contributed by atoms with Crippen LogP contribution in [0.1, 0.15) is 23.4 Å². The van der Waals surface area contributed by atoms with Crippen molar-refractivity contribution in [2.45, 2.75) is 19.5 Å². The maximum atomic E-state index is 6.24. The zero-order valence-corrected chi connectivity index (χ0v) is 14.1. The Kier molecular flexibility index (Phi) is 4.76. The molecule has 0 radical (unpaired) electrons. The summed E-state index contributed by atoms with van der Waals surface area (Å²) in [5.74, 6) is 0.